The summed E-state index contributed by atoms with van der Waals surface area (Å²) in [4.78, 5) is 22.3. The molecule has 2 N–H and O–H groups in total. The number of pyridine rings is 2. The third-order valence-electron chi connectivity index (χ3n) is 5.84. The summed E-state index contributed by atoms with van der Waals surface area (Å²) >= 11 is 0. The van der Waals surface area contributed by atoms with Gasteiger partial charge in [-0.2, -0.15) is 13.2 Å². The summed E-state index contributed by atoms with van der Waals surface area (Å²) in [5.41, 5.74) is -1.86. The zero-order valence-electron chi connectivity index (χ0n) is 18.8. The van der Waals surface area contributed by atoms with Crippen LogP contribution in [0.3, 0.4) is 0 Å². The van der Waals surface area contributed by atoms with Gasteiger partial charge in [-0.05, 0) is 24.6 Å². The van der Waals surface area contributed by atoms with Gasteiger partial charge in [0.15, 0.2) is 0 Å². The van der Waals surface area contributed by atoms with Crippen LogP contribution >= 0.6 is 0 Å². The van der Waals surface area contributed by atoms with Crippen molar-refractivity contribution in [2.45, 2.75) is 37.9 Å². The van der Waals surface area contributed by atoms with Crippen LogP contribution in [0.1, 0.15) is 35.3 Å². The first kappa shape index (κ1) is 25.8. The number of nitrogens with zero attached hydrogens (tertiary/aromatic N) is 3. The number of hydrogen-bond donors (Lipinski definition) is 2. The molecule has 13 heteroatoms. The average molecular weight is 506 g/mol. The lowest BCUT2D eigenvalue weighted by molar-refractivity contribution is -0.138. The molecule has 2 aromatic rings. The van der Waals surface area contributed by atoms with E-state index in [9.17, 15) is 31.0 Å². The number of rotatable bonds is 4. The van der Waals surface area contributed by atoms with Gasteiger partial charge < -0.3 is 10.2 Å². The number of amides is 1. The second kappa shape index (κ2) is 8.75. The van der Waals surface area contributed by atoms with E-state index in [1.54, 1.807) is 0 Å². The molecule has 1 saturated heterocycles. The van der Waals surface area contributed by atoms with Gasteiger partial charge in [0.05, 0.1) is 20.9 Å². The third-order valence-corrected chi connectivity index (χ3v) is 6.87. The average Bonchev–Trinajstić information content (AvgIpc) is 2.70. The second-order valence-electron chi connectivity index (χ2n) is 8.56. The maximum atomic E-state index is 14.3. The highest BCUT2D eigenvalue weighted by Crippen LogP contribution is 2.41. The highest BCUT2D eigenvalue weighted by atomic mass is 32.2. The summed E-state index contributed by atoms with van der Waals surface area (Å²) in [5, 5.41) is 2.32. The van der Waals surface area contributed by atoms with Crippen molar-refractivity contribution in [3.8, 4) is 0 Å². The Bertz CT molecular complexity index is 1200. The van der Waals surface area contributed by atoms with E-state index in [0.717, 1.165) is 13.2 Å². The first-order valence-electron chi connectivity index (χ1n) is 10.2. The number of halogens is 5. The first-order chi connectivity index (χ1) is 15.5. The quantitative estimate of drug-likeness (QED) is 0.581. The molecule has 1 aliphatic heterocycles. The molecule has 1 amide bonds. The molecule has 3 atom stereocenters. The molecule has 2 aromatic heterocycles. The number of nitrogens with one attached hydrogen (secondary N) is 2. The minimum Gasteiger partial charge on any atom is -0.355 e. The smallest absolute Gasteiger partial charge is 0.355 e. The molecular formula is C21H24F5N5O2S. The molecule has 0 bridgehead atoms. The van der Waals surface area contributed by atoms with Gasteiger partial charge in [0.25, 0.3) is 11.8 Å². The third kappa shape index (κ3) is 4.98. The summed E-state index contributed by atoms with van der Waals surface area (Å²) in [6.07, 6.45) is -1.85. The van der Waals surface area contributed by atoms with Crippen LogP contribution in [0.4, 0.5) is 33.5 Å². The zero-order valence-corrected chi connectivity index (χ0v) is 19.7. The maximum absolute atomic E-state index is 14.3. The largest absolute Gasteiger partial charge is 0.418 e. The number of piperidine rings is 1. The van der Waals surface area contributed by atoms with Crippen molar-refractivity contribution in [3.63, 3.8) is 0 Å². The highest BCUT2D eigenvalue weighted by molar-refractivity contribution is 7.91. The molecule has 2 unspecified atom stereocenters. The SMILES string of the molecule is Cc1c(C(F)(F)F)cnc(N2CC(C)C(F)(F)C(C)C2)c1C(=O)Nc1ccnc([S@](C)(=N)=O)c1. The lowest BCUT2D eigenvalue weighted by Gasteiger charge is -2.42. The van der Waals surface area contributed by atoms with E-state index in [1.165, 1.54) is 37.1 Å². The number of aromatic nitrogens is 2. The van der Waals surface area contributed by atoms with Gasteiger partial charge in [-0.15, -0.1) is 0 Å². The number of anilines is 2. The molecule has 1 fully saturated rings. The second-order valence-corrected chi connectivity index (χ2v) is 10.7. The topological polar surface area (TPSA) is 99.0 Å². The van der Waals surface area contributed by atoms with Crippen LogP contribution in [0.25, 0.3) is 0 Å². The van der Waals surface area contributed by atoms with Crippen LogP contribution in [0.2, 0.25) is 0 Å². The van der Waals surface area contributed by atoms with E-state index < -0.39 is 56.3 Å². The van der Waals surface area contributed by atoms with Gasteiger partial charge in [0.1, 0.15) is 10.8 Å². The molecule has 1 aliphatic rings. The number of alkyl halides is 5. The molecule has 0 aromatic carbocycles. The van der Waals surface area contributed by atoms with Crippen molar-refractivity contribution in [1.82, 2.24) is 9.97 Å². The Kier molecular flexibility index (Phi) is 6.64. The number of carbonyl (C=O) groups is 1. The number of carbonyl (C=O) groups excluding carboxylic acids is 1. The standard InChI is InChI=1S/C21H24F5N5O2S/c1-11-9-31(10-12(2)20(11,22)23)18-17(13(3)15(8-29-18)21(24,25)26)19(32)30-14-5-6-28-16(7-14)34(4,27)33/h5-8,11-12,27H,9-10H2,1-4H3,(H,28,30,32)/t11?,12?,34-/m1/s1. The molecule has 0 aliphatic carbocycles. The molecule has 34 heavy (non-hydrogen) atoms. The summed E-state index contributed by atoms with van der Waals surface area (Å²) in [7, 11) is -3.21. The lowest BCUT2D eigenvalue weighted by Crippen LogP contribution is -2.52. The van der Waals surface area contributed by atoms with Gasteiger partial charge >= 0.3 is 6.18 Å². The minimum absolute atomic E-state index is 0.0616. The van der Waals surface area contributed by atoms with Crippen LogP contribution in [0, 0.1) is 23.5 Å². The predicted molar refractivity (Wildman–Crippen MR) is 117 cm³/mol. The van der Waals surface area contributed by atoms with Gasteiger partial charge in [0, 0.05) is 49.3 Å². The fourth-order valence-corrected chi connectivity index (χ4v) is 4.53. The normalized spacial score (nSPS) is 22.2. The summed E-state index contributed by atoms with van der Waals surface area (Å²) in [6, 6.07) is 2.52. The minimum atomic E-state index is -4.79. The monoisotopic (exact) mass is 505 g/mol. The van der Waals surface area contributed by atoms with Crippen LogP contribution in [-0.4, -0.2) is 45.4 Å². The van der Waals surface area contributed by atoms with Crippen molar-refractivity contribution in [2.24, 2.45) is 11.8 Å². The predicted octanol–water partition coefficient (Wildman–Crippen LogP) is 4.82. The van der Waals surface area contributed by atoms with E-state index >= 15 is 0 Å². The maximum Gasteiger partial charge on any atom is 0.418 e. The highest BCUT2D eigenvalue weighted by Gasteiger charge is 2.48. The Morgan fingerprint density at radius 2 is 1.82 bits per heavy atom. The van der Waals surface area contributed by atoms with Crippen LogP contribution in [0.5, 0.6) is 0 Å². The molecular weight excluding hydrogens is 481 g/mol. The van der Waals surface area contributed by atoms with Gasteiger partial charge in [-0.1, -0.05) is 13.8 Å². The molecule has 3 heterocycles. The zero-order chi connectivity index (χ0) is 25.6. The van der Waals surface area contributed by atoms with E-state index in [0.29, 0.717) is 6.20 Å². The lowest BCUT2D eigenvalue weighted by atomic mass is 9.86. The van der Waals surface area contributed by atoms with Crippen molar-refractivity contribution in [1.29, 1.82) is 4.78 Å². The van der Waals surface area contributed by atoms with Crippen LogP contribution in [0.15, 0.2) is 29.6 Å². The van der Waals surface area contributed by atoms with Gasteiger partial charge in [0.2, 0.25) is 0 Å². The Morgan fingerprint density at radius 3 is 2.35 bits per heavy atom. The Balaban J connectivity index is 2.08. The fourth-order valence-electron chi connectivity index (χ4n) is 3.92. The van der Waals surface area contributed by atoms with E-state index in [2.05, 4.69) is 15.3 Å². The molecule has 0 saturated carbocycles. The van der Waals surface area contributed by atoms with E-state index in [1.807, 2.05) is 0 Å². The first-order valence-corrected chi connectivity index (χ1v) is 12.2. The Hall–Kier alpha value is -2.83. The summed E-state index contributed by atoms with van der Waals surface area (Å²) in [6.45, 7) is 3.38. The Labute approximate surface area is 193 Å². The van der Waals surface area contributed by atoms with Crippen molar-refractivity contribution < 1.29 is 31.0 Å². The van der Waals surface area contributed by atoms with Gasteiger partial charge in [-0.3, -0.25) is 4.79 Å². The number of hydrogen-bond acceptors (Lipinski definition) is 6. The summed E-state index contributed by atoms with van der Waals surface area (Å²) < 4.78 is 89.0. The van der Waals surface area contributed by atoms with Crippen molar-refractivity contribution in [2.75, 3.05) is 29.6 Å². The van der Waals surface area contributed by atoms with Gasteiger partial charge in [-0.25, -0.2) is 27.7 Å². The summed E-state index contributed by atoms with van der Waals surface area (Å²) in [5.74, 6) is -6.29. The molecule has 3 rings (SSSR count). The van der Waals surface area contributed by atoms with E-state index in [4.69, 9.17) is 4.78 Å². The van der Waals surface area contributed by atoms with Crippen molar-refractivity contribution >= 4 is 27.1 Å². The van der Waals surface area contributed by atoms with Crippen LogP contribution in [-0.2, 0) is 15.9 Å². The molecule has 0 radical (unpaired) electrons. The molecule has 0 spiro atoms. The van der Waals surface area contributed by atoms with E-state index in [-0.39, 0.29) is 29.6 Å². The molecule has 186 valence electrons. The van der Waals surface area contributed by atoms with Crippen molar-refractivity contribution in [3.05, 3.63) is 41.2 Å². The van der Waals surface area contributed by atoms with Crippen LogP contribution < -0.4 is 10.2 Å². The Morgan fingerprint density at radius 1 is 1.24 bits per heavy atom. The molecule has 7 nitrogen and oxygen atoms in total. The fraction of sp³-hybridized carbons (Fsp3) is 0.476.